The van der Waals surface area contributed by atoms with Gasteiger partial charge in [-0.15, -0.1) is 11.3 Å². The van der Waals surface area contributed by atoms with Gasteiger partial charge in [-0.05, 0) is 25.5 Å². The first-order valence-corrected chi connectivity index (χ1v) is 8.69. The van der Waals surface area contributed by atoms with Crippen molar-refractivity contribution in [2.75, 3.05) is 0 Å². The third kappa shape index (κ3) is 3.13. The highest BCUT2D eigenvalue weighted by atomic mass is 32.2. The quantitative estimate of drug-likeness (QED) is 0.731. The van der Waals surface area contributed by atoms with Gasteiger partial charge in [0.05, 0.1) is 11.3 Å². The van der Waals surface area contributed by atoms with Crippen LogP contribution in [0, 0.1) is 13.8 Å². The van der Waals surface area contributed by atoms with E-state index in [4.69, 9.17) is 5.73 Å². The van der Waals surface area contributed by atoms with Crippen LogP contribution in [-0.4, -0.2) is 20.3 Å². The van der Waals surface area contributed by atoms with Crippen LogP contribution >= 0.6 is 23.1 Å². The molecule has 1 amide bonds. The minimum Gasteiger partial charge on any atom is -0.366 e. The maximum Gasteiger partial charge on any atom is 0.258 e. The molecule has 0 fully saturated rings. The van der Waals surface area contributed by atoms with Gasteiger partial charge in [0.2, 0.25) is 0 Å². The van der Waals surface area contributed by atoms with Gasteiger partial charge in [0.25, 0.3) is 11.5 Å². The van der Waals surface area contributed by atoms with Gasteiger partial charge in [0.15, 0.2) is 4.96 Å². The second kappa shape index (κ2) is 6.13. The number of fused-ring (bicyclic) bond motifs is 1. The molecular formula is C15H14N4O2S2. The highest BCUT2D eigenvalue weighted by Gasteiger charge is 2.15. The number of thioether (sulfide) groups is 1. The lowest BCUT2D eigenvalue weighted by Crippen LogP contribution is -2.16. The average Bonchev–Trinajstić information content (AvgIpc) is 2.92. The van der Waals surface area contributed by atoms with Crippen LogP contribution in [-0.2, 0) is 5.75 Å². The number of hydrogen-bond donors (Lipinski definition) is 1. The Morgan fingerprint density at radius 3 is 2.87 bits per heavy atom. The van der Waals surface area contributed by atoms with Gasteiger partial charge in [0.1, 0.15) is 5.03 Å². The zero-order chi connectivity index (χ0) is 16.6. The average molecular weight is 346 g/mol. The number of carbonyl (C=O) groups is 1. The number of primary amides is 1. The van der Waals surface area contributed by atoms with Crippen LogP contribution in [0.3, 0.4) is 0 Å². The second-order valence-corrected chi connectivity index (χ2v) is 6.89. The van der Waals surface area contributed by atoms with E-state index < -0.39 is 5.91 Å². The summed E-state index contributed by atoms with van der Waals surface area (Å²) in [5.41, 5.74) is 8.04. The Labute approximate surface area is 140 Å². The lowest BCUT2D eigenvalue weighted by molar-refractivity contribution is 0.0996. The summed E-state index contributed by atoms with van der Waals surface area (Å²) in [4.78, 5) is 33.1. The van der Waals surface area contributed by atoms with Gasteiger partial charge in [-0.1, -0.05) is 11.8 Å². The Morgan fingerprint density at radius 1 is 1.35 bits per heavy atom. The van der Waals surface area contributed by atoms with Crippen molar-refractivity contribution in [1.82, 2.24) is 14.4 Å². The molecule has 0 aromatic carbocycles. The third-order valence-corrected chi connectivity index (χ3v) is 5.04. The maximum absolute atomic E-state index is 12.0. The van der Waals surface area contributed by atoms with E-state index in [2.05, 4.69) is 9.97 Å². The molecule has 6 nitrogen and oxygen atoms in total. The predicted octanol–water partition coefficient (Wildman–Crippen LogP) is 2.16. The summed E-state index contributed by atoms with van der Waals surface area (Å²) in [6, 6.07) is 3.33. The minimum atomic E-state index is -0.501. The van der Waals surface area contributed by atoms with E-state index in [-0.39, 0.29) is 5.56 Å². The summed E-state index contributed by atoms with van der Waals surface area (Å²) in [5, 5.41) is 2.39. The van der Waals surface area contributed by atoms with Gasteiger partial charge in [0, 0.05) is 29.1 Å². The highest BCUT2D eigenvalue weighted by Crippen LogP contribution is 2.26. The first-order chi connectivity index (χ1) is 11.0. The molecule has 0 unspecified atom stereocenters. The van der Waals surface area contributed by atoms with E-state index in [0.717, 1.165) is 11.3 Å². The summed E-state index contributed by atoms with van der Waals surface area (Å²) in [7, 11) is 0. The SMILES string of the molecule is Cc1cc(C)c(C(N)=O)c(SCc2cc(=O)n3ccsc3n2)n1. The van der Waals surface area contributed by atoms with Gasteiger partial charge in [-0.3, -0.25) is 14.0 Å². The number of thiazole rings is 1. The summed E-state index contributed by atoms with van der Waals surface area (Å²) in [5.74, 6) is -0.0564. The fourth-order valence-electron chi connectivity index (χ4n) is 2.31. The van der Waals surface area contributed by atoms with E-state index in [1.54, 1.807) is 6.20 Å². The number of aryl methyl sites for hydroxylation is 2. The largest absolute Gasteiger partial charge is 0.366 e. The van der Waals surface area contributed by atoms with E-state index in [1.165, 1.54) is 33.6 Å². The molecule has 3 heterocycles. The van der Waals surface area contributed by atoms with E-state index in [0.29, 0.717) is 27.0 Å². The molecule has 0 aliphatic rings. The van der Waals surface area contributed by atoms with Crippen LogP contribution in [0.5, 0.6) is 0 Å². The molecule has 3 aromatic heterocycles. The van der Waals surface area contributed by atoms with Crippen LogP contribution in [0.25, 0.3) is 4.96 Å². The van der Waals surface area contributed by atoms with Crippen molar-refractivity contribution >= 4 is 34.0 Å². The van der Waals surface area contributed by atoms with Crippen molar-refractivity contribution in [2.24, 2.45) is 5.73 Å². The Balaban J connectivity index is 1.93. The molecule has 0 radical (unpaired) electrons. The predicted molar refractivity (Wildman–Crippen MR) is 91.1 cm³/mol. The van der Waals surface area contributed by atoms with Gasteiger partial charge < -0.3 is 5.73 Å². The number of carbonyl (C=O) groups excluding carboxylic acids is 1. The molecular weight excluding hydrogens is 332 g/mol. The summed E-state index contributed by atoms with van der Waals surface area (Å²) < 4.78 is 1.50. The first-order valence-electron chi connectivity index (χ1n) is 6.82. The fourth-order valence-corrected chi connectivity index (χ4v) is 4.10. The number of pyridine rings is 1. The highest BCUT2D eigenvalue weighted by molar-refractivity contribution is 7.98. The second-order valence-electron chi connectivity index (χ2n) is 5.05. The monoisotopic (exact) mass is 346 g/mol. The van der Waals surface area contributed by atoms with Crippen molar-refractivity contribution in [3.05, 3.63) is 56.6 Å². The lowest BCUT2D eigenvalue weighted by Gasteiger charge is -2.09. The van der Waals surface area contributed by atoms with E-state index in [1.807, 2.05) is 25.3 Å². The molecule has 0 spiro atoms. The Bertz CT molecular complexity index is 962. The zero-order valence-corrected chi connectivity index (χ0v) is 14.2. The summed E-state index contributed by atoms with van der Waals surface area (Å²) in [6.07, 6.45) is 1.70. The molecule has 23 heavy (non-hydrogen) atoms. The Hall–Kier alpha value is -2.19. The lowest BCUT2D eigenvalue weighted by atomic mass is 10.1. The van der Waals surface area contributed by atoms with Crippen LogP contribution in [0.15, 0.2) is 33.5 Å². The molecule has 0 saturated carbocycles. The Morgan fingerprint density at radius 2 is 2.13 bits per heavy atom. The number of hydrogen-bond acceptors (Lipinski definition) is 6. The normalized spacial score (nSPS) is 11.0. The first kappa shape index (κ1) is 15.7. The molecule has 0 bridgehead atoms. The van der Waals surface area contributed by atoms with Crippen molar-refractivity contribution in [3.8, 4) is 0 Å². The molecule has 0 aliphatic heterocycles. The Kier molecular flexibility index (Phi) is 4.18. The zero-order valence-electron chi connectivity index (χ0n) is 12.6. The van der Waals surface area contributed by atoms with Crippen molar-refractivity contribution in [3.63, 3.8) is 0 Å². The van der Waals surface area contributed by atoms with Crippen LogP contribution in [0.4, 0.5) is 0 Å². The molecule has 0 atom stereocenters. The fraction of sp³-hybridized carbons (Fsp3) is 0.200. The minimum absolute atomic E-state index is 0.115. The maximum atomic E-state index is 12.0. The van der Waals surface area contributed by atoms with Gasteiger partial charge >= 0.3 is 0 Å². The number of nitrogens with zero attached hydrogens (tertiary/aromatic N) is 3. The summed E-state index contributed by atoms with van der Waals surface area (Å²) in [6.45, 7) is 3.70. The van der Waals surface area contributed by atoms with Crippen molar-refractivity contribution in [1.29, 1.82) is 0 Å². The van der Waals surface area contributed by atoms with Crippen LogP contribution in [0.1, 0.15) is 27.3 Å². The molecule has 2 N–H and O–H groups in total. The molecule has 0 saturated heterocycles. The van der Waals surface area contributed by atoms with Gasteiger partial charge in [-0.25, -0.2) is 9.97 Å². The van der Waals surface area contributed by atoms with Crippen LogP contribution in [0.2, 0.25) is 0 Å². The number of amides is 1. The number of aromatic nitrogens is 3. The van der Waals surface area contributed by atoms with E-state index >= 15 is 0 Å². The molecule has 0 aliphatic carbocycles. The van der Waals surface area contributed by atoms with Crippen LogP contribution < -0.4 is 11.3 Å². The van der Waals surface area contributed by atoms with Crippen molar-refractivity contribution < 1.29 is 4.79 Å². The van der Waals surface area contributed by atoms with E-state index in [9.17, 15) is 9.59 Å². The number of rotatable bonds is 4. The summed E-state index contributed by atoms with van der Waals surface area (Å²) >= 11 is 2.76. The smallest absolute Gasteiger partial charge is 0.258 e. The molecule has 3 rings (SSSR count). The molecule has 8 heteroatoms. The standard InChI is InChI=1S/C15H14N4O2S2/c1-8-5-9(2)17-14(12(8)13(16)21)23-7-10-6-11(20)19-3-4-22-15(19)18-10/h3-6H,7H2,1-2H3,(H2,16,21). The van der Waals surface area contributed by atoms with Gasteiger partial charge in [-0.2, -0.15) is 0 Å². The molecule has 118 valence electrons. The van der Waals surface area contributed by atoms with Crippen molar-refractivity contribution in [2.45, 2.75) is 24.6 Å². The number of nitrogens with two attached hydrogens (primary N) is 1. The topological polar surface area (TPSA) is 90.4 Å². The third-order valence-electron chi connectivity index (χ3n) is 3.27. The molecule has 3 aromatic rings.